The molecule has 0 bridgehead atoms. The fraction of sp³-hybridized carbons (Fsp3) is 0.588. The average Bonchev–Trinajstić information content (AvgIpc) is 2.45. The van der Waals surface area contributed by atoms with Crippen LogP contribution >= 0.6 is 0 Å². The smallest absolute Gasteiger partial charge is 0.0822 e. The zero-order valence-electron chi connectivity index (χ0n) is 12.2. The van der Waals surface area contributed by atoms with Crippen LogP contribution in [0.1, 0.15) is 62.6 Å². The Hall–Kier alpha value is -1.29. The van der Waals surface area contributed by atoms with Crippen LogP contribution in [0.4, 0.5) is 0 Å². The van der Waals surface area contributed by atoms with Crippen molar-refractivity contribution < 1.29 is 0 Å². The van der Waals surface area contributed by atoms with Gasteiger partial charge in [-0.25, -0.2) is 0 Å². The van der Waals surface area contributed by atoms with E-state index < -0.39 is 0 Å². The number of nitriles is 1. The van der Waals surface area contributed by atoms with Gasteiger partial charge in [0.2, 0.25) is 0 Å². The van der Waals surface area contributed by atoms with Crippen molar-refractivity contribution in [2.45, 2.75) is 65.2 Å². The zero-order chi connectivity index (χ0) is 13.6. The molecule has 1 aliphatic carbocycles. The van der Waals surface area contributed by atoms with Gasteiger partial charge in [0.15, 0.2) is 0 Å². The van der Waals surface area contributed by atoms with E-state index in [4.69, 9.17) is 0 Å². The fourth-order valence-corrected chi connectivity index (χ4v) is 2.66. The molecule has 0 amide bonds. The molecule has 0 spiro atoms. The monoisotopic (exact) mass is 243 g/mol. The van der Waals surface area contributed by atoms with Crippen LogP contribution in [0.25, 0.3) is 0 Å². The minimum absolute atomic E-state index is 0.198. The summed E-state index contributed by atoms with van der Waals surface area (Å²) in [6.45, 7) is 8.26. The van der Waals surface area contributed by atoms with Gasteiger partial charge in [-0.1, -0.05) is 51.3 Å². The van der Waals surface area contributed by atoms with Crippen LogP contribution < -0.4 is 0 Å². The van der Waals surface area contributed by atoms with Crippen molar-refractivity contribution >= 4 is 0 Å². The molecule has 1 aromatic rings. The Morgan fingerprint density at radius 1 is 1.00 bits per heavy atom. The number of nitrogens with zero attached hydrogens (tertiary/aromatic N) is 1. The van der Waals surface area contributed by atoms with Gasteiger partial charge in [0.25, 0.3) is 0 Å². The van der Waals surface area contributed by atoms with E-state index in [2.05, 4.69) is 38.1 Å². The summed E-state index contributed by atoms with van der Waals surface area (Å²) < 4.78 is 0. The summed E-state index contributed by atoms with van der Waals surface area (Å²) in [6.07, 6.45) is 5.74. The van der Waals surface area contributed by atoms with Gasteiger partial charge in [0, 0.05) is 0 Å². The molecule has 0 saturated heterocycles. The standard InChI is InChI=1S/C15H19N.C2H6/c1-12-6-7-14(10-13(12)2)15(11-16)8-4-3-5-9-15;1-2/h6-7,10H,3-5,8-9H2,1-2H3;1-2H3. The Labute approximate surface area is 112 Å². The van der Waals surface area contributed by atoms with E-state index in [-0.39, 0.29) is 5.41 Å². The molecule has 1 nitrogen and oxygen atoms in total. The molecule has 2 rings (SSSR count). The number of rotatable bonds is 1. The van der Waals surface area contributed by atoms with Gasteiger partial charge in [-0.3, -0.25) is 0 Å². The Kier molecular flexibility index (Phi) is 5.41. The van der Waals surface area contributed by atoms with Crippen molar-refractivity contribution in [3.63, 3.8) is 0 Å². The van der Waals surface area contributed by atoms with E-state index in [1.165, 1.54) is 36.0 Å². The lowest BCUT2D eigenvalue weighted by atomic mass is 9.70. The van der Waals surface area contributed by atoms with Crippen molar-refractivity contribution in [1.29, 1.82) is 5.26 Å². The molecule has 0 unspecified atom stereocenters. The Morgan fingerprint density at radius 2 is 1.61 bits per heavy atom. The zero-order valence-corrected chi connectivity index (χ0v) is 12.2. The first-order valence-electron chi connectivity index (χ1n) is 7.17. The third-order valence-corrected chi connectivity index (χ3v) is 3.98. The minimum atomic E-state index is -0.198. The molecule has 0 heterocycles. The van der Waals surface area contributed by atoms with Crippen LogP contribution in [-0.4, -0.2) is 0 Å². The Morgan fingerprint density at radius 3 is 2.11 bits per heavy atom. The van der Waals surface area contributed by atoms with Crippen LogP contribution in [0.3, 0.4) is 0 Å². The Bertz CT molecular complexity index is 420. The van der Waals surface area contributed by atoms with E-state index in [0.717, 1.165) is 12.8 Å². The SMILES string of the molecule is CC.Cc1ccc(C2(C#N)CCCCC2)cc1C. The molecule has 0 radical (unpaired) electrons. The van der Waals surface area contributed by atoms with E-state index in [1.54, 1.807) is 0 Å². The van der Waals surface area contributed by atoms with Gasteiger partial charge in [-0.15, -0.1) is 0 Å². The second-order valence-electron chi connectivity index (χ2n) is 5.05. The summed E-state index contributed by atoms with van der Waals surface area (Å²) in [5, 5.41) is 9.51. The second kappa shape index (κ2) is 6.59. The van der Waals surface area contributed by atoms with Crippen molar-refractivity contribution in [3.05, 3.63) is 34.9 Å². The van der Waals surface area contributed by atoms with Gasteiger partial charge in [-0.2, -0.15) is 5.26 Å². The maximum Gasteiger partial charge on any atom is 0.0822 e. The molecule has 18 heavy (non-hydrogen) atoms. The van der Waals surface area contributed by atoms with Gasteiger partial charge in [-0.05, 0) is 43.4 Å². The maximum absolute atomic E-state index is 9.51. The van der Waals surface area contributed by atoms with Gasteiger partial charge in [0.1, 0.15) is 0 Å². The lowest BCUT2D eigenvalue weighted by molar-refractivity contribution is 0.366. The van der Waals surface area contributed by atoms with Gasteiger partial charge in [0.05, 0.1) is 11.5 Å². The molecule has 0 aromatic heterocycles. The normalized spacial score (nSPS) is 17.3. The van der Waals surface area contributed by atoms with Crippen LogP contribution in [0.2, 0.25) is 0 Å². The Balaban J connectivity index is 0.000000771. The van der Waals surface area contributed by atoms with E-state index in [9.17, 15) is 5.26 Å². The molecule has 0 atom stereocenters. The minimum Gasteiger partial charge on any atom is -0.197 e. The summed E-state index contributed by atoms with van der Waals surface area (Å²) in [6, 6.07) is 9.09. The fourth-order valence-electron chi connectivity index (χ4n) is 2.66. The molecule has 1 saturated carbocycles. The first-order chi connectivity index (χ1) is 8.68. The first kappa shape index (κ1) is 14.8. The van der Waals surface area contributed by atoms with Crippen molar-refractivity contribution in [2.75, 3.05) is 0 Å². The third-order valence-electron chi connectivity index (χ3n) is 3.98. The number of aryl methyl sites for hydroxylation is 2. The molecule has 98 valence electrons. The van der Waals surface area contributed by atoms with Gasteiger partial charge < -0.3 is 0 Å². The second-order valence-corrected chi connectivity index (χ2v) is 5.05. The highest BCUT2D eigenvalue weighted by Crippen LogP contribution is 2.39. The molecular weight excluding hydrogens is 218 g/mol. The highest BCUT2D eigenvalue weighted by molar-refractivity contribution is 5.38. The third kappa shape index (κ3) is 2.93. The van der Waals surface area contributed by atoms with E-state index in [1.807, 2.05) is 13.8 Å². The van der Waals surface area contributed by atoms with Crippen LogP contribution in [-0.2, 0) is 5.41 Å². The quantitative estimate of drug-likeness (QED) is 0.676. The molecule has 1 aromatic carbocycles. The van der Waals surface area contributed by atoms with E-state index >= 15 is 0 Å². The highest BCUT2D eigenvalue weighted by Gasteiger charge is 2.33. The number of hydrogen-bond acceptors (Lipinski definition) is 1. The summed E-state index contributed by atoms with van der Waals surface area (Å²) in [4.78, 5) is 0. The first-order valence-corrected chi connectivity index (χ1v) is 7.17. The lowest BCUT2D eigenvalue weighted by Crippen LogP contribution is -2.27. The number of benzene rings is 1. The van der Waals surface area contributed by atoms with Crippen LogP contribution in [0.15, 0.2) is 18.2 Å². The van der Waals surface area contributed by atoms with Gasteiger partial charge >= 0.3 is 0 Å². The van der Waals surface area contributed by atoms with Crippen molar-refractivity contribution in [1.82, 2.24) is 0 Å². The molecule has 0 N–H and O–H groups in total. The summed E-state index contributed by atoms with van der Waals surface area (Å²) in [5.41, 5.74) is 3.65. The summed E-state index contributed by atoms with van der Waals surface area (Å²) in [5.74, 6) is 0. The largest absolute Gasteiger partial charge is 0.197 e. The topological polar surface area (TPSA) is 23.8 Å². The molecule has 0 aliphatic heterocycles. The predicted octanol–water partition coefficient (Wildman–Crippen LogP) is 5.06. The molecular formula is C17H25N. The van der Waals surface area contributed by atoms with Crippen LogP contribution in [0, 0.1) is 25.2 Å². The summed E-state index contributed by atoms with van der Waals surface area (Å²) in [7, 11) is 0. The predicted molar refractivity (Wildman–Crippen MR) is 77.6 cm³/mol. The average molecular weight is 243 g/mol. The van der Waals surface area contributed by atoms with Crippen LogP contribution in [0.5, 0.6) is 0 Å². The lowest BCUT2D eigenvalue weighted by Gasteiger charge is -2.31. The van der Waals surface area contributed by atoms with Crippen molar-refractivity contribution in [3.8, 4) is 6.07 Å². The highest BCUT2D eigenvalue weighted by atomic mass is 14.4. The summed E-state index contributed by atoms with van der Waals surface area (Å²) >= 11 is 0. The molecule has 1 fully saturated rings. The molecule has 1 aliphatic rings. The maximum atomic E-state index is 9.51. The number of hydrogen-bond donors (Lipinski definition) is 0. The molecule has 1 heteroatoms. The van der Waals surface area contributed by atoms with E-state index in [0.29, 0.717) is 0 Å². The van der Waals surface area contributed by atoms with Crippen molar-refractivity contribution in [2.24, 2.45) is 0 Å².